The predicted molar refractivity (Wildman–Crippen MR) is 69.6 cm³/mol. The number of rotatable bonds is 4. The zero-order valence-corrected chi connectivity index (χ0v) is 10.7. The summed E-state index contributed by atoms with van der Waals surface area (Å²) < 4.78 is 4.84. The van der Waals surface area contributed by atoms with Crippen LogP contribution >= 0.6 is 11.3 Å². The van der Waals surface area contributed by atoms with Crippen LogP contribution in [0.3, 0.4) is 0 Å². The summed E-state index contributed by atoms with van der Waals surface area (Å²) in [4.78, 5) is 16.0. The summed E-state index contributed by atoms with van der Waals surface area (Å²) in [6.45, 7) is 2.09. The third-order valence-corrected chi connectivity index (χ3v) is 3.40. The van der Waals surface area contributed by atoms with Gasteiger partial charge in [0.05, 0.1) is 17.9 Å². The molecule has 0 aliphatic heterocycles. The Morgan fingerprint density at radius 3 is 2.78 bits per heavy atom. The van der Waals surface area contributed by atoms with Gasteiger partial charge >= 0.3 is 5.97 Å². The van der Waals surface area contributed by atoms with Crippen molar-refractivity contribution in [3.8, 4) is 16.5 Å². The van der Waals surface area contributed by atoms with Crippen LogP contribution in [0.25, 0.3) is 10.6 Å². The molecule has 0 atom stereocenters. The number of nitrogens with zero attached hydrogens (tertiary/aromatic N) is 1. The molecule has 0 bridgehead atoms. The molecule has 0 aliphatic carbocycles. The van der Waals surface area contributed by atoms with Crippen LogP contribution in [0, 0.1) is 0 Å². The van der Waals surface area contributed by atoms with E-state index >= 15 is 0 Å². The van der Waals surface area contributed by atoms with Crippen molar-refractivity contribution in [3.63, 3.8) is 0 Å². The molecular formula is C13H13NO3S. The van der Waals surface area contributed by atoms with E-state index in [0.29, 0.717) is 16.5 Å². The molecule has 1 aromatic carbocycles. The van der Waals surface area contributed by atoms with E-state index in [1.165, 1.54) is 11.3 Å². The molecule has 5 heteroatoms. The van der Waals surface area contributed by atoms with Crippen molar-refractivity contribution in [1.29, 1.82) is 0 Å². The third-order valence-electron chi connectivity index (χ3n) is 2.31. The molecule has 1 heterocycles. The van der Waals surface area contributed by atoms with Crippen molar-refractivity contribution in [3.05, 3.63) is 35.2 Å². The molecule has 0 fully saturated rings. The van der Waals surface area contributed by atoms with E-state index in [-0.39, 0.29) is 18.3 Å². The topological polar surface area (TPSA) is 59.4 Å². The maximum absolute atomic E-state index is 11.4. The maximum atomic E-state index is 11.4. The number of hydrogen-bond donors (Lipinski definition) is 1. The molecule has 4 nitrogen and oxygen atoms in total. The van der Waals surface area contributed by atoms with Crippen molar-refractivity contribution < 1.29 is 14.6 Å². The Morgan fingerprint density at radius 1 is 1.39 bits per heavy atom. The van der Waals surface area contributed by atoms with Gasteiger partial charge in [-0.1, -0.05) is 30.3 Å². The fourth-order valence-corrected chi connectivity index (χ4v) is 2.45. The van der Waals surface area contributed by atoms with Crippen LogP contribution in [0.4, 0.5) is 0 Å². The zero-order chi connectivity index (χ0) is 13.0. The summed E-state index contributed by atoms with van der Waals surface area (Å²) in [5, 5.41) is 10.4. The molecule has 0 amide bonds. The van der Waals surface area contributed by atoms with Crippen LogP contribution in [-0.4, -0.2) is 22.7 Å². The van der Waals surface area contributed by atoms with Gasteiger partial charge in [-0.05, 0) is 6.92 Å². The third kappa shape index (κ3) is 2.87. The second kappa shape index (κ2) is 5.64. The molecule has 0 saturated heterocycles. The molecule has 2 aromatic rings. The average Bonchev–Trinajstić information content (AvgIpc) is 2.72. The van der Waals surface area contributed by atoms with Crippen molar-refractivity contribution in [2.75, 3.05) is 6.61 Å². The monoisotopic (exact) mass is 263 g/mol. The van der Waals surface area contributed by atoms with Gasteiger partial charge in [0.2, 0.25) is 5.88 Å². The Bertz CT molecular complexity index is 536. The largest absolute Gasteiger partial charge is 0.492 e. The number of ether oxygens (including phenoxy) is 1. The number of benzene rings is 1. The van der Waals surface area contributed by atoms with Crippen molar-refractivity contribution in [2.45, 2.75) is 13.3 Å². The maximum Gasteiger partial charge on any atom is 0.311 e. The molecular weight excluding hydrogens is 250 g/mol. The summed E-state index contributed by atoms with van der Waals surface area (Å²) in [5.41, 5.74) is 0.924. The number of hydrogen-bond acceptors (Lipinski definition) is 5. The average molecular weight is 263 g/mol. The highest BCUT2D eigenvalue weighted by Gasteiger charge is 2.15. The molecule has 0 aliphatic rings. The Labute approximate surface area is 109 Å². The first-order chi connectivity index (χ1) is 8.70. The summed E-state index contributed by atoms with van der Waals surface area (Å²) in [6.07, 6.45) is 0.0597. The normalized spacial score (nSPS) is 10.3. The summed E-state index contributed by atoms with van der Waals surface area (Å²) in [5.74, 6) is -0.442. The van der Waals surface area contributed by atoms with Gasteiger partial charge in [0.25, 0.3) is 0 Å². The van der Waals surface area contributed by atoms with E-state index in [1.807, 2.05) is 30.3 Å². The highest BCUT2D eigenvalue weighted by atomic mass is 32.1. The van der Waals surface area contributed by atoms with Gasteiger partial charge in [-0.25, -0.2) is 4.98 Å². The molecule has 94 valence electrons. The first-order valence-corrected chi connectivity index (χ1v) is 6.42. The first kappa shape index (κ1) is 12.6. The molecule has 0 unspecified atom stereocenters. The second-order valence-corrected chi connectivity index (χ2v) is 4.70. The Hall–Kier alpha value is -1.88. The van der Waals surface area contributed by atoms with Crippen molar-refractivity contribution in [2.24, 2.45) is 0 Å². The Morgan fingerprint density at radius 2 is 2.11 bits per heavy atom. The zero-order valence-electron chi connectivity index (χ0n) is 9.92. The lowest BCUT2D eigenvalue weighted by molar-refractivity contribution is -0.142. The van der Waals surface area contributed by atoms with E-state index in [2.05, 4.69) is 4.98 Å². The van der Waals surface area contributed by atoms with Crippen LogP contribution in [0.2, 0.25) is 0 Å². The van der Waals surface area contributed by atoms with Gasteiger partial charge in [0, 0.05) is 5.56 Å². The van der Waals surface area contributed by atoms with Gasteiger partial charge in [0.15, 0.2) is 0 Å². The molecule has 18 heavy (non-hydrogen) atoms. The minimum Gasteiger partial charge on any atom is -0.492 e. The number of thiazole rings is 1. The number of carbonyl (C=O) groups is 1. The molecule has 2 rings (SSSR count). The van der Waals surface area contributed by atoms with Crippen LogP contribution < -0.4 is 0 Å². The Balaban J connectivity index is 2.20. The van der Waals surface area contributed by atoms with Gasteiger partial charge in [0.1, 0.15) is 5.01 Å². The Kier molecular flexibility index (Phi) is 3.94. The van der Waals surface area contributed by atoms with Crippen LogP contribution in [0.5, 0.6) is 5.88 Å². The fraction of sp³-hybridized carbons (Fsp3) is 0.231. The molecule has 1 N–H and O–H groups in total. The van der Waals surface area contributed by atoms with E-state index in [0.717, 1.165) is 5.56 Å². The van der Waals surface area contributed by atoms with Crippen LogP contribution in [0.1, 0.15) is 11.8 Å². The molecule has 0 radical (unpaired) electrons. The lowest BCUT2D eigenvalue weighted by atomic mass is 10.2. The highest BCUT2D eigenvalue weighted by molar-refractivity contribution is 7.15. The van der Waals surface area contributed by atoms with E-state index in [1.54, 1.807) is 6.92 Å². The van der Waals surface area contributed by atoms with Gasteiger partial charge in [-0.2, -0.15) is 0 Å². The van der Waals surface area contributed by atoms with E-state index in [4.69, 9.17) is 4.74 Å². The quantitative estimate of drug-likeness (QED) is 0.861. The van der Waals surface area contributed by atoms with Crippen LogP contribution in [0.15, 0.2) is 30.3 Å². The smallest absolute Gasteiger partial charge is 0.311 e. The van der Waals surface area contributed by atoms with Gasteiger partial charge in [-0.15, -0.1) is 11.3 Å². The molecule has 1 aromatic heterocycles. The number of esters is 1. The van der Waals surface area contributed by atoms with Crippen molar-refractivity contribution in [1.82, 2.24) is 4.98 Å². The lowest BCUT2D eigenvalue weighted by Crippen LogP contribution is -2.06. The van der Waals surface area contributed by atoms with Crippen molar-refractivity contribution >= 4 is 17.3 Å². The minimum atomic E-state index is -0.351. The van der Waals surface area contributed by atoms with E-state index in [9.17, 15) is 9.90 Å². The standard InChI is InChI=1S/C13H13NO3S/c1-2-17-11(15)8-10-12(16)14-13(18-10)9-6-4-3-5-7-9/h3-7,16H,2,8H2,1H3. The summed E-state index contributed by atoms with van der Waals surface area (Å²) >= 11 is 1.30. The second-order valence-electron chi connectivity index (χ2n) is 3.61. The lowest BCUT2D eigenvalue weighted by Gasteiger charge is -1.98. The highest BCUT2D eigenvalue weighted by Crippen LogP contribution is 2.32. The van der Waals surface area contributed by atoms with Gasteiger partial charge in [-0.3, -0.25) is 4.79 Å². The van der Waals surface area contributed by atoms with E-state index < -0.39 is 0 Å². The SMILES string of the molecule is CCOC(=O)Cc1sc(-c2ccccc2)nc1O. The van der Waals surface area contributed by atoms with Crippen LogP contribution in [-0.2, 0) is 16.0 Å². The number of aromatic hydroxyl groups is 1. The molecule has 0 spiro atoms. The summed E-state index contributed by atoms with van der Waals surface area (Å²) in [6, 6.07) is 9.53. The molecule has 0 saturated carbocycles. The predicted octanol–water partition coefficient (Wildman–Crippen LogP) is 2.62. The minimum absolute atomic E-state index is 0.0597. The van der Waals surface area contributed by atoms with Gasteiger partial charge < -0.3 is 9.84 Å². The fourth-order valence-electron chi connectivity index (χ4n) is 1.51. The first-order valence-electron chi connectivity index (χ1n) is 5.60. The summed E-state index contributed by atoms with van der Waals surface area (Å²) in [7, 11) is 0. The number of aromatic nitrogens is 1. The number of carbonyl (C=O) groups excluding carboxylic acids is 1.